The maximum absolute atomic E-state index is 12.6. The first-order valence-electron chi connectivity index (χ1n) is 10.2. The highest BCUT2D eigenvalue weighted by Gasteiger charge is 2.31. The molecule has 1 heterocycles. The lowest BCUT2D eigenvalue weighted by Gasteiger charge is -2.26. The van der Waals surface area contributed by atoms with Gasteiger partial charge in [0.2, 0.25) is 0 Å². The van der Waals surface area contributed by atoms with E-state index in [4.69, 9.17) is 9.47 Å². The van der Waals surface area contributed by atoms with Crippen LogP contribution in [0.1, 0.15) is 62.5 Å². The first-order valence-corrected chi connectivity index (χ1v) is 10.2. The number of hydrogen-bond donors (Lipinski definition) is 2. The average Bonchev–Trinajstić information content (AvgIpc) is 2.64. The molecule has 1 atom stereocenters. The van der Waals surface area contributed by atoms with E-state index in [9.17, 15) is 15.0 Å². The molecule has 0 amide bonds. The summed E-state index contributed by atoms with van der Waals surface area (Å²) in [5, 5.41) is 23.1. The molecule has 0 bridgehead atoms. The number of hydrogen-bond acceptors (Lipinski definition) is 5. The summed E-state index contributed by atoms with van der Waals surface area (Å²) >= 11 is 0. The zero-order valence-electron chi connectivity index (χ0n) is 18.5. The van der Waals surface area contributed by atoms with Crippen molar-refractivity contribution in [2.75, 3.05) is 7.11 Å². The van der Waals surface area contributed by atoms with Crippen LogP contribution < -0.4 is 9.47 Å². The minimum absolute atomic E-state index is 0.0629. The predicted octanol–water partition coefficient (Wildman–Crippen LogP) is 5.63. The monoisotopic (exact) mass is 410 g/mol. The molecule has 5 heteroatoms. The molecule has 160 valence electrons. The average molecular weight is 411 g/mol. The lowest BCUT2D eigenvalue weighted by Crippen LogP contribution is -2.24. The Morgan fingerprint density at radius 2 is 1.70 bits per heavy atom. The molecule has 0 aliphatic carbocycles. The Hall–Kier alpha value is -2.95. The van der Waals surface area contributed by atoms with Gasteiger partial charge in [0, 0.05) is 22.9 Å². The summed E-state index contributed by atoms with van der Waals surface area (Å²) in [6.45, 7) is 9.83. The third kappa shape index (κ3) is 3.89. The summed E-state index contributed by atoms with van der Waals surface area (Å²) in [6.07, 6.45) is 5.01. The number of fused-ring (bicyclic) bond motifs is 2. The van der Waals surface area contributed by atoms with Crippen LogP contribution in [0.25, 0.3) is 10.8 Å². The second-order valence-corrected chi connectivity index (χ2v) is 8.39. The van der Waals surface area contributed by atoms with Crippen LogP contribution in [-0.2, 0) is 12.8 Å². The second-order valence-electron chi connectivity index (χ2n) is 8.39. The van der Waals surface area contributed by atoms with Gasteiger partial charge in [0.1, 0.15) is 34.7 Å². The first-order chi connectivity index (χ1) is 14.1. The van der Waals surface area contributed by atoms with Gasteiger partial charge in [-0.1, -0.05) is 23.3 Å². The Morgan fingerprint density at radius 1 is 1.10 bits per heavy atom. The number of ether oxygens (including phenoxy) is 2. The number of methoxy groups -OCH3 is 1. The molecule has 2 N–H and O–H groups in total. The molecule has 0 fully saturated rings. The van der Waals surface area contributed by atoms with Gasteiger partial charge in [-0.15, -0.1) is 0 Å². The van der Waals surface area contributed by atoms with Gasteiger partial charge in [-0.3, -0.25) is 4.79 Å². The third-order valence-electron chi connectivity index (χ3n) is 5.37. The van der Waals surface area contributed by atoms with Crippen molar-refractivity contribution in [3.63, 3.8) is 0 Å². The summed E-state index contributed by atoms with van der Waals surface area (Å²) in [7, 11) is 1.58. The van der Waals surface area contributed by atoms with Crippen LogP contribution >= 0.6 is 0 Å². The van der Waals surface area contributed by atoms with Crippen molar-refractivity contribution in [1.29, 1.82) is 0 Å². The number of benzene rings is 2. The number of aromatic hydroxyl groups is 2. The standard InChI is InChI=1S/C25H30O5/c1-13(2)7-9-16-18-12-20-22(19(26)11-15(5)30-20)24(28)21(18)23(27)17(25(16)29-6)10-8-14(3)4/h7-8,12,15,27-28H,9-11H2,1-6H3/t15-/m0/s1. The fourth-order valence-electron chi connectivity index (χ4n) is 3.92. The van der Waals surface area contributed by atoms with Crippen LogP contribution in [0, 0.1) is 0 Å². The van der Waals surface area contributed by atoms with Crippen molar-refractivity contribution < 1.29 is 24.5 Å². The Bertz CT molecular complexity index is 1070. The topological polar surface area (TPSA) is 76.0 Å². The summed E-state index contributed by atoms with van der Waals surface area (Å²) in [5.74, 6) is 0.462. The van der Waals surface area contributed by atoms with Crippen LogP contribution in [0.2, 0.25) is 0 Å². The number of carbonyl (C=O) groups is 1. The van der Waals surface area contributed by atoms with Crippen molar-refractivity contribution in [3.05, 3.63) is 46.1 Å². The third-order valence-corrected chi connectivity index (χ3v) is 5.37. The van der Waals surface area contributed by atoms with Gasteiger partial charge in [0.25, 0.3) is 0 Å². The molecule has 3 rings (SSSR count). The quantitative estimate of drug-likeness (QED) is 0.625. The van der Waals surface area contributed by atoms with Crippen molar-refractivity contribution in [1.82, 2.24) is 0 Å². The van der Waals surface area contributed by atoms with Crippen LogP contribution in [0.5, 0.6) is 23.0 Å². The van der Waals surface area contributed by atoms with Crippen molar-refractivity contribution in [3.8, 4) is 23.0 Å². The molecule has 2 aromatic rings. The van der Waals surface area contributed by atoms with E-state index in [1.807, 2.05) is 40.7 Å². The van der Waals surface area contributed by atoms with E-state index in [0.29, 0.717) is 35.3 Å². The van der Waals surface area contributed by atoms with E-state index in [2.05, 4.69) is 6.08 Å². The van der Waals surface area contributed by atoms with Crippen LogP contribution in [0.3, 0.4) is 0 Å². The largest absolute Gasteiger partial charge is 0.507 e. The fraction of sp³-hybridized carbons (Fsp3) is 0.400. The molecule has 2 aromatic carbocycles. The number of phenolic OH excluding ortho intramolecular Hbond substituents is 2. The Morgan fingerprint density at radius 3 is 2.27 bits per heavy atom. The number of allylic oxidation sites excluding steroid dienone is 4. The summed E-state index contributed by atoms with van der Waals surface area (Å²) < 4.78 is 11.6. The van der Waals surface area contributed by atoms with Gasteiger partial charge in [-0.25, -0.2) is 0 Å². The lowest BCUT2D eigenvalue weighted by molar-refractivity contribution is 0.0867. The lowest BCUT2D eigenvalue weighted by atomic mass is 9.89. The SMILES string of the molecule is COc1c(CC=C(C)C)c(O)c2c(O)c3c(cc2c1CC=C(C)C)O[C@@H](C)CC3=O. The Balaban J connectivity index is 2.44. The summed E-state index contributed by atoms with van der Waals surface area (Å²) in [4.78, 5) is 12.6. The van der Waals surface area contributed by atoms with Gasteiger partial charge in [0.05, 0.1) is 12.5 Å². The van der Waals surface area contributed by atoms with E-state index in [1.54, 1.807) is 13.2 Å². The van der Waals surface area contributed by atoms with Crippen LogP contribution in [0.4, 0.5) is 0 Å². The molecule has 0 unspecified atom stereocenters. The van der Waals surface area contributed by atoms with E-state index in [0.717, 1.165) is 16.7 Å². The molecule has 0 saturated carbocycles. The van der Waals surface area contributed by atoms with Gasteiger partial charge in [0.15, 0.2) is 5.78 Å². The highest BCUT2D eigenvalue weighted by atomic mass is 16.5. The maximum atomic E-state index is 12.6. The van der Waals surface area contributed by atoms with Crippen molar-refractivity contribution in [2.24, 2.45) is 0 Å². The number of phenols is 2. The number of carbonyl (C=O) groups excluding carboxylic acids is 1. The summed E-state index contributed by atoms with van der Waals surface area (Å²) in [5.41, 5.74) is 3.83. The van der Waals surface area contributed by atoms with Crippen LogP contribution in [-0.4, -0.2) is 29.2 Å². The zero-order chi connectivity index (χ0) is 22.2. The zero-order valence-corrected chi connectivity index (χ0v) is 18.5. The summed E-state index contributed by atoms with van der Waals surface area (Å²) in [6, 6.07) is 1.75. The molecular weight excluding hydrogens is 380 g/mol. The van der Waals surface area contributed by atoms with Gasteiger partial charge in [-0.2, -0.15) is 0 Å². The van der Waals surface area contributed by atoms with E-state index in [-0.39, 0.29) is 40.8 Å². The number of ketones is 1. The Labute approximate surface area is 177 Å². The highest BCUT2D eigenvalue weighted by molar-refractivity contribution is 6.11. The highest BCUT2D eigenvalue weighted by Crippen LogP contribution is 2.49. The molecule has 0 saturated heterocycles. The molecule has 0 radical (unpaired) electrons. The molecular formula is C25H30O5. The minimum Gasteiger partial charge on any atom is -0.507 e. The van der Waals surface area contributed by atoms with Gasteiger partial charge in [-0.05, 0) is 53.5 Å². The van der Waals surface area contributed by atoms with Gasteiger partial charge >= 0.3 is 0 Å². The van der Waals surface area contributed by atoms with Gasteiger partial charge < -0.3 is 19.7 Å². The minimum atomic E-state index is -0.268. The predicted molar refractivity (Wildman–Crippen MR) is 119 cm³/mol. The van der Waals surface area contributed by atoms with E-state index >= 15 is 0 Å². The van der Waals surface area contributed by atoms with E-state index < -0.39 is 0 Å². The molecule has 30 heavy (non-hydrogen) atoms. The number of rotatable bonds is 5. The van der Waals surface area contributed by atoms with Crippen LogP contribution in [0.15, 0.2) is 29.4 Å². The van der Waals surface area contributed by atoms with Crippen molar-refractivity contribution in [2.45, 2.75) is 60.0 Å². The number of Topliss-reactive ketones (excluding diaryl/α,β-unsaturated/α-hetero) is 1. The second kappa shape index (κ2) is 8.42. The maximum Gasteiger partial charge on any atom is 0.174 e. The fourth-order valence-corrected chi connectivity index (χ4v) is 3.92. The van der Waals surface area contributed by atoms with Crippen molar-refractivity contribution >= 4 is 16.6 Å². The first kappa shape index (κ1) is 21.8. The molecule has 5 nitrogen and oxygen atoms in total. The molecule has 0 aromatic heterocycles. The normalized spacial score (nSPS) is 15.4. The molecule has 0 spiro atoms. The molecule has 1 aliphatic rings. The van der Waals surface area contributed by atoms with E-state index in [1.165, 1.54) is 0 Å². The molecule has 1 aliphatic heterocycles. The Kier molecular flexibility index (Phi) is 6.11. The smallest absolute Gasteiger partial charge is 0.174 e.